The molecule has 1 aromatic heterocycles. The molecule has 0 aliphatic rings. The Kier molecular flexibility index (Phi) is 6.82. The molecule has 1 unspecified atom stereocenters. The molecule has 1 rings (SSSR count). The van der Waals surface area contributed by atoms with E-state index in [1.807, 2.05) is 6.07 Å². The average molecular weight is 295 g/mol. The Morgan fingerprint density at radius 2 is 2.00 bits per heavy atom. The number of hydrogen-bond acceptors (Lipinski definition) is 3. The summed E-state index contributed by atoms with van der Waals surface area (Å²) in [6.07, 6.45) is 0. The fourth-order valence-corrected chi connectivity index (χ4v) is 3.20. The Bertz CT molecular complexity index is 337. The van der Waals surface area contributed by atoms with E-state index in [0.717, 1.165) is 40.4 Å². The second-order valence-corrected chi connectivity index (χ2v) is 6.40. The highest BCUT2D eigenvalue weighted by Gasteiger charge is 2.09. The van der Waals surface area contributed by atoms with Gasteiger partial charge in [0.25, 0.3) is 0 Å². The highest BCUT2D eigenvalue weighted by Crippen LogP contribution is 2.30. The van der Waals surface area contributed by atoms with Gasteiger partial charge in [0.15, 0.2) is 0 Å². The Balaban J connectivity index is 2.37. The zero-order valence-electron chi connectivity index (χ0n) is 10.6. The third kappa shape index (κ3) is 5.14. The van der Waals surface area contributed by atoms with Gasteiger partial charge in [-0.2, -0.15) is 0 Å². The fraction of sp³-hybridized carbons (Fsp3) is 0.667. The van der Waals surface area contributed by atoms with Crippen LogP contribution < -0.4 is 5.32 Å². The zero-order chi connectivity index (χ0) is 12.8. The third-order valence-electron chi connectivity index (χ3n) is 2.79. The molecule has 1 aromatic rings. The molecule has 0 radical (unpaired) electrons. The van der Waals surface area contributed by atoms with Crippen LogP contribution >= 0.6 is 34.5 Å². The number of likely N-dealkylation sites (N-methyl/N-ethyl adjacent to an activating group) is 1. The van der Waals surface area contributed by atoms with Crippen molar-refractivity contribution in [3.63, 3.8) is 0 Å². The molecule has 0 aliphatic heterocycles. The molecule has 0 aliphatic carbocycles. The van der Waals surface area contributed by atoms with Gasteiger partial charge in [-0.1, -0.05) is 37.0 Å². The van der Waals surface area contributed by atoms with Crippen LogP contribution in [-0.2, 0) is 6.54 Å². The average Bonchev–Trinajstić information content (AvgIpc) is 2.62. The standard InChI is InChI=1S/C12H20Cl2N2S/c1-4-16(5-2)8-9(3)15-7-10-6-11(13)17-12(10)14/h6,9,15H,4-5,7-8H2,1-3H3. The summed E-state index contributed by atoms with van der Waals surface area (Å²) < 4.78 is 1.54. The molecule has 0 amide bonds. The van der Waals surface area contributed by atoms with Gasteiger partial charge in [-0.05, 0) is 31.6 Å². The first-order chi connectivity index (χ1) is 8.06. The molecule has 98 valence electrons. The molecule has 0 spiro atoms. The van der Waals surface area contributed by atoms with E-state index in [2.05, 4.69) is 31.0 Å². The first-order valence-corrected chi connectivity index (χ1v) is 7.53. The van der Waals surface area contributed by atoms with E-state index in [0.29, 0.717) is 6.04 Å². The van der Waals surface area contributed by atoms with Gasteiger partial charge in [-0.15, -0.1) is 11.3 Å². The summed E-state index contributed by atoms with van der Waals surface area (Å²) in [4.78, 5) is 2.40. The fourth-order valence-electron chi connectivity index (χ4n) is 1.71. The lowest BCUT2D eigenvalue weighted by atomic mass is 10.2. The predicted octanol–water partition coefficient (Wildman–Crippen LogP) is 3.87. The summed E-state index contributed by atoms with van der Waals surface area (Å²) in [7, 11) is 0. The Labute approximate surface area is 118 Å². The van der Waals surface area contributed by atoms with Crippen molar-refractivity contribution in [1.29, 1.82) is 0 Å². The van der Waals surface area contributed by atoms with Crippen LogP contribution in [0.5, 0.6) is 0 Å². The van der Waals surface area contributed by atoms with E-state index < -0.39 is 0 Å². The zero-order valence-corrected chi connectivity index (χ0v) is 12.9. The minimum Gasteiger partial charge on any atom is -0.309 e. The Hall–Kier alpha value is 0.200. The van der Waals surface area contributed by atoms with E-state index in [1.165, 1.54) is 11.3 Å². The lowest BCUT2D eigenvalue weighted by molar-refractivity contribution is 0.271. The number of rotatable bonds is 7. The number of nitrogens with one attached hydrogen (secondary N) is 1. The van der Waals surface area contributed by atoms with Crippen molar-refractivity contribution in [2.24, 2.45) is 0 Å². The van der Waals surface area contributed by atoms with E-state index in [9.17, 15) is 0 Å². The predicted molar refractivity (Wildman–Crippen MR) is 78.4 cm³/mol. The maximum absolute atomic E-state index is 6.07. The van der Waals surface area contributed by atoms with Gasteiger partial charge in [0.1, 0.15) is 0 Å². The van der Waals surface area contributed by atoms with E-state index >= 15 is 0 Å². The van der Waals surface area contributed by atoms with Crippen LogP contribution in [0.15, 0.2) is 6.07 Å². The van der Waals surface area contributed by atoms with E-state index in [1.54, 1.807) is 0 Å². The molecule has 5 heteroatoms. The summed E-state index contributed by atoms with van der Waals surface area (Å²) in [5.41, 5.74) is 1.09. The number of thiophene rings is 1. The van der Waals surface area contributed by atoms with Crippen molar-refractivity contribution in [2.45, 2.75) is 33.4 Å². The van der Waals surface area contributed by atoms with Gasteiger partial charge in [0.2, 0.25) is 0 Å². The lowest BCUT2D eigenvalue weighted by Gasteiger charge is -2.23. The van der Waals surface area contributed by atoms with Gasteiger partial charge >= 0.3 is 0 Å². The van der Waals surface area contributed by atoms with Gasteiger partial charge in [0, 0.05) is 19.1 Å². The van der Waals surface area contributed by atoms with Gasteiger partial charge in [0.05, 0.1) is 8.67 Å². The largest absolute Gasteiger partial charge is 0.309 e. The maximum atomic E-state index is 6.07. The van der Waals surface area contributed by atoms with Gasteiger partial charge < -0.3 is 10.2 Å². The van der Waals surface area contributed by atoms with E-state index in [4.69, 9.17) is 23.2 Å². The number of hydrogen-bond donors (Lipinski definition) is 1. The molecular formula is C12H20Cl2N2S. The quantitative estimate of drug-likeness (QED) is 0.821. The molecule has 2 nitrogen and oxygen atoms in total. The summed E-state index contributed by atoms with van der Waals surface area (Å²) in [6, 6.07) is 2.38. The normalized spacial score (nSPS) is 13.3. The SMILES string of the molecule is CCN(CC)CC(C)NCc1cc(Cl)sc1Cl. The summed E-state index contributed by atoms with van der Waals surface area (Å²) in [6.45, 7) is 10.6. The van der Waals surface area contributed by atoms with Crippen LogP contribution in [-0.4, -0.2) is 30.6 Å². The molecule has 0 fully saturated rings. The molecule has 0 saturated carbocycles. The molecule has 0 saturated heterocycles. The summed E-state index contributed by atoms with van der Waals surface area (Å²) in [5, 5.41) is 3.47. The number of halogens is 2. The Morgan fingerprint density at radius 1 is 1.35 bits per heavy atom. The van der Waals surface area contributed by atoms with Crippen LogP contribution in [0.1, 0.15) is 26.3 Å². The topological polar surface area (TPSA) is 15.3 Å². The van der Waals surface area contributed by atoms with Crippen LogP contribution in [0.25, 0.3) is 0 Å². The summed E-state index contributed by atoms with van der Waals surface area (Å²) >= 11 is 13.4. The molecule has 1 atom stereocenters. The van der Waals surface area contributed by atoms with Crippen LogP contribution in [0, 0.1) is 0 Å². The van der Waals surface area contributed by atoms with E-state index in [-0.39, 0.29) is 0 Å². The first kappa shape index (κ1) is 15.3. The lowest BCUT2D eigenvalue weighted by Crippen LogP contribution is -2.38. The van der Waals surface area contributed by atoms with Crippen LogP contribution in [0.3, 0.4) is 0 Å². The minimum atomic E-state index is 0.449. The number of nitrogens with zero attached hydrogens (tertiary/aromatic N) is 1. The molecule has 1 heterocycles. The van der Waals surface area contributed by atoms with Gasteiger partial charge in [-0.3, -0.25) is 0 Å². The van der Waals surface area contributed by atoms with Crippen LogP contribution in [0.4, 0.5) is 0 Å². The van der Waals surface area contributed by atoms with Gasteiger partial charge in [-0.25, -0.2) is 0 Å². The van der Waals surface area contributed by atoms with Crippen molar-refractivity contribution in [2.75, 3.05) is 19.6 Å². The van der Waals surface area contributed by atoms with Crippen molar-refractivity contribution >= 4 is 34.5 Å². The first-order valence-electron chi connectivity index (χ1n) is 5.96. The highest BCUT2D eigenvalue weighted by molar-refractivity contribution is 7.20. The van der Waals surface area contributed by atoms with Crippen molar-refractivity contribution in [1.82, 2.24) is 10.2 Å². The highest BCUT2D eigenvalue weighted by atomic mass is 35.5. The molecule has 0 bridgehead atoms. The van der Waals surface area contributed by atoms with Crippen LogP contribution in [0.2, 0.25) is 8.67 Å². The molecule has 0 aromatic carbocycles. The second-order valence-electron chi connectivity index (χ2n) is 4.12. The smallest absolute Gasteiger partial charge is 0.0989 e. The Morgan fingerprint density at radius 3 is 2.47 bits per heavy atom. The molecule has 1 N–H and O–H groups in total. The molecular weight excluding hydrogens is 275 g/mol. The van der Waals surface area contributed by atoms with Crippen molar-refractivity contribution < 1.29 is 0 Å². The summed E-state index contributed by atoms with van der Waals surface area (Å²) in [5.74, 6) is 0. The van der Waals surface area contributed by atoms with Crippen molar-refractivity contribution in [3.05, 3.63) is 20.3 Å². The molecule has 17 heavy (non-hydrogen) atoms. The third-order valence-corrected chi connectivity index (χ3v) is 4.36. The minimum absolute atomic E-state index is 0.449. The van der Waals surface area contributed by atoms with Crippen molar-refractivity contribution in [3.8, 4) is 0 Å². The second kappa shape index (κ2) is 7.59. The monoisotopic (exact) mass is 294 g/mol. The maximum Gasteiger partial charge on any atom is 0.0989 e.